The molecule has 0 saturated heterocycles. The van der Waals surface area contributed by atoms with E-state index in [0.717, 1.165) is 6.42 Å². The molecule has 1 aliphatic rings. The second-order valence-corrected chi connectivity index (χ2v) is 5.52. The van der Waals surface area contributed by atoms with E-state index in [1.54, 1.807) is 13.0 Å². The lowest BCUT2D eigenvalue weighted by atomic mass is 9.67. The summed E-state index contributed by atoms with van der Waals surface area (Å²) in [5.41, 5.74) is 0.813. The Hall–Kier alpha value is -0.590. The lowest BCUT2D eigenvalue weighted by Crippen LogP contribution is -2.28. The summed E-state index contributed by atoms with van der Waals surface area (Å²) in [7, 11) is 0. The molecule has 80 valence electrons. The molecule has 0 aromatic heterocycles. The molecule has 1 aliphatic carbocycles. The van der Waals surface area contributed by atoms with Gasteiger partial charge in [-0.15, -0.1) is 0 Å². The second kappa shape index (κ2) is 3.88. The molecule has 1 heteroatoms. The highest BCUT2D eigenvalue weighted by atomic mass is 16.1. The Labute approximate surface area is 87.6 Å². The number of carbonyl (C=O) groups excluding carboxylic acids is 1. The second-order valence-electron chi connectivity index (χ2n) is 5.52. The predicted molar refractivity (Wildman–Crippen MR) is 60.2 cm³/mol. The Morgan fingerprint density at radius 2 is 1.93 bits per heavy atom. The number of ketones is 1. The first kappa shape index (κ1) is 11.5. The molecular formula is C13H22O. The lowest BCUT2D eigenvalue weighted by molar-refractivity contribution is -0.112. The Morgan fingerprint density at radius 3 is 2.36 bits per heavy atom. The van der Waals surface area contributed by atoms with Gasteiger partial charge < -0.3 is 0 Å². The van der Waals surface area contributed by atoms with Crippen LogP contribution in [0, 0.1) is 10.8 Å². The quantitative estimate of drug-likeness (QED) is 0.625. The number of hydrogen-bond acceptors (Lipinski definition) is 1. The van der Waals surface area contributed by atoms with Gasteiger partial charge in [0.25, 0.3) is 0 Å². The van der Waals surface area contributed by atoms with Crippen LogP contribution in [0.2, 0.25) is 0 Å². The van der Waals surface area contributed by atoms with E-state index in [9.17, 15) is 4.79 Å². The normalized spacial score (nSPS) is 31.1. The molecule has 0 aromatic rings. The van der Waals surface area contributed by atoms with Crippen LogP contribution in [0.3, 0.4) is 0 Å². The van der Waals surface area contributed by atoms with Crippen molar-refractivity contribution in [3.63, 3.8) is 0 Å². The molecule has 0 spiro atoms. The highest BCUT2D eigenvalue weighted by Crippen LogP contribution is 2.54. The molecule has 1 atom stereocenters. The molecule has 0 amide bonds. The van der Waals surface area contributed by atoms with Crippen LogP contribution in [0.4, 0.5) is 0 Å². The van der Waals surface area contributed by atoms with Gasteiger partial charge >= 0.3 is 0 Å². The predicted octanol–water partition coefficient (Wildman–Crippen LogP) is 3.74. The lowest BCUT2D eigenvalue weighted by Gasteiger charge is -2.37. The highest BCUT2D eigenvalue weighted by Gasteiger charge is 2.43. The summed E-state index contributed by atoms with van der Waals surface area (Å²) < 4.78 is 0. The van der Waals surface area contributed by atoms with Crippen LogP contribution in [0.5, 0.6) is 0 Å². The zero-order chi connectivity index (χ0) is 10.8. The SMILES string of the molecule is CC(=O)C=CCC1(C)CCCC1(C)C. The van der Waals surface area contributed by atoms with E-state index < -0.39 is 0 Å². The Morgan fingerprint density at radius 1 is 1.29 bits per heavy atom. The Kier molecular flexibility index (Phi) is 3.18. The van der Waals surface area contributed by atoms with Crippen molar-refractivity contribution in [2.75, 3.05) is 0 Å². The smallest absolute Gasteiger partial charge is 0.152 e. The Bertz CT molecular complexity index is 250. The minimum Gasteiger partial charge on any atom is -0.295 e. The maximum absolute atomic E-state index is 10.8. The Balaban J connectivity index is 2.62. The number of rotatable bonds is 3. The van der Waals surface area contributed by atoms with Crippen LogP contribution >= 0.6 is 0 Å². The summed E-state index contributed by atoms with van der Waals surface area (Å²) in [6, 6.07) is 0. The fraction of sp³-hybridized carbons (Fsp3) is 0.769. The molecule has 0 heterocycles. The molecule has 1 nitrogen and oxygen atoms in total. The van der Waals surface area contributed by atoms with E-state index in [2.05, 4.69) is 26.8 Å². The third kappa shape index (κ3) is 2.26. The fourth-order valence-electron chi connectivity index (χ4n) is 2.42. The van der Waals surface area contributed by atoms with E-state index in [-0.39, 0.29) is 5.78 Å². The van der Waals surface area contributed by atoms with Crippen molar-refractivity contribution in [3.05, 3.63) is 12.2 Å². The fourth-order valence-corrected chi connectivity index (χ4v) is 2.42. The third-order valence-electron chi connectivity index (χ3n) is 4.09. The van der Waals surface area contributed by atoms with Crippen molar-refractivity contribution in [2.45, 2.75) is 53.4 Å². The molecule has 0 aliphatic heterocycles. The molecular weight excluding hydrogens is 172 g/mol. The van der Waals surface area contributed by atoms with E-state index >= 15 is 0 Å². The minimum absolute atomic E-state index is 0.157. The van der Waals surface area contributed by atoms with Crippen molar-refractivity contribution in [1.29, 1.82) is 0 Å². The molecule has 1 fully saturated rings. The van der Waals surface area contributed by atoms with E-state index in [1.165, 1.54) is 19.3 Å². The van der Waals surface area contributed by atoms with Gasteiger partial charge in [0.15, 0.2) is 5.78 Å². The monoisotopic (exact) mass is 194 g/mol. The minimum atomic E-state index is 0.157. The van der Waals surface area contributed by atoms with Crippen molar-refractivity contribution >= 4 is 5.78 Å². The number of carbonyl (C=O) groups is 1. The molecule has 0 aromatic carbocycles. The van der Waals surface area contributed by atoms with Gasteiger partial charge in [0, 0.05) is 0 Å². The maximum Gasteiger partial charge on any atom is 0.152 e. The van der Waals surface area contributed by atoms with E-state index in [0.29, 0.717) is 10.8 Å². The summed E-state index contributed by atoms with van der Waals surface area (Å²) in [5, 5.41) is 0. The van der Waals surface area contributed by atoms with Crippen LogP contribution < -0.4 is 0 Å². The first-order valence-electron chi connectivity index (χ1n) is 5.55. The zero-order valence-electron chi connectivity index (χ0n) is 9.89. The van der Waals surface area contributed by atoms with Crippen molar-refractivity contribution in [3.8, 4) is 0 Å². The van der Waals surface area contributed by atoms with Gasteiger partial charge in [0.1, 0.15) is 0 Å². The van der Waals surface area contributed by atoms with Crippen molar-refractivity contribution < 1.29 is 4.79 Å². The standard InChI is InChI=1S/C13H22O/c1-11(14)7-5-9-13(4)10-6-8-12(13,2)3/h5,7H,6,8-10H2,1-4H3. The van der Waals surface area contributed by atoms with Crippen LogP contribution in [0.25, 0.3) is 0 Å². The topological polar surface area (TPSA) is 17.1 Å². The summed E-state index contributed by atoms with van der Waals surface area (Å²) >= 11 is 0. The van der Waals surface area contributed by atoms with E-state index in [1.807, 2.05) is 0 Å². The highest BCUT2D eigenvalue weighted by molar-refractivity contribution is 5.87. The first-order chi connectivity index (χ1) is 6.37. The van der Waals surface area contributed by atoms with Gasteiger partial charge in [-0.2, -0.15) is 0 Å². The van der Waals surface area contributed by atoms with Gasteiger partial charge in [0.05, 0.1) is 0 Å². The summed E-state index contributed by atoms with van der Waals surface area (Å²) in [5.74, 6) is 0.157. The zero-order valence-corrected chi connectivity index (χ0v) is 9.89. The molecule has 0 bridgehead atoms. The van der Waals surface area contributed by atoms with Crippen LogP contribution in [0.15, 0.2) is 12.2 Å². The molecule has 0 N–H and O–H groups in total. The van der Waals surface area contributed by atoms with E-state index in [4.69, 9.17) is 0 Å². The largest absolute Gasteiger partial charge is 0.295 e. The first-order valence-corrected chi connectivity index (χ1v) is 5.55. The molecule has 14 heavy (non-hydrogen) atoms. The van der Waals surface area contributed by atoms with Crippen molar-refractivity contribution in [2.24, 2.45) is 10.8 Å². The van der Waals surface area contributed by atoms with Gasteiger partial charge in [0.2, 0.25) is 0 Å². The van der Waals surface area contributed by atoms with Gasteiger partial charge in [-0.05, 0) is 43.1 Å². The summed E-state index contributed by atoms with van der Waals surface area (Å²) in [6.45, 7) is 8.66. The molecule has 1 unspecified atom stereocenters. The molecule has 0 radical (unpaired) electrons. The van der Waals surface area contributed by atoms with Crippen LogP contribution in [-0.4, -0.2) is 5.78 Å². The average Bonchev–Trinajstić information content (AvgIpc) is 2.26. The van der Waals surface area contributed by atoms with Gasteiger partial charge in [-0.1, -0.05) is 33.3 Å². The third-order valence-corrected chi connectivity index (χ3v) is 4.09. The van der Waals surface area contributed by atoms with Crippen LogP contribution in [-0.2, 0) is 4.79 Å². The maximum atomic E-state index is 10.8. The van der Waals surface area contributed by atoms with Gasteiger partial charge in [-0.25, -0.2) is 0 Å². The average molecular weight is 194 g/mol. The number of hydrogen-bond donors (Lipinski definition) is 0. The van der Waals surface area contributed by atoms with Gasteiger partial charge in [-0.3, -0.25) is 4.79 Å². The molecule has 1 saturated carbocycles. The summed E-state index contributed by atoms with van der Waals surface area (Å²) in [6.07, 6.45) is 8.74. The van der Waals surface area contributed by atoms with Crippen LogP contribution in [0.1, 0.15) is 53.4 Å². The molecule has 1 rings (SSSR count). The number of allylic oxidation sites excluding steroid dienone is 2. The van der Waals surface area contributed by atoms with Crippen molar-refractivity contribution in [1.82, 2.24) is 0 Å². The summed E-state index contributed by atoms with van der Waals surface area (Å²) in [4.78, 5) is 10.8.